The summed E-state index contributed by atoms with van der Waals surface area (Å²) in [5.74, 6) is 0.292. The maximum Gasteiger partial charge on any atom is 0.257 e. The standard InChI is InChI=1S/C19H20B3N7O4/c1-10(7-31-2)29-12(4-23)3-11-5-24-18(26-16(11)29)25-13-6-28(19(20,21)22)27-17(13)33-15-9-32-8-14(15)30/h3,5-6,10,14-15,30H,7-9H2,1-2H3,(H,24,25,26)/t10-,14?,15?/m0/s1. The Kier molecular flexibility index (Phi) is 6.38. The van der Waals surface area contributed by atoms with Crippen molar-refractivity contribution in [2.45, 2.75) is 30.4 Å². The molecule has 3 aromatic heterocycles. The molecular weight excluding hydrogens is 423 g/mol. The van der Waals surface area contributed by atoms with E-state index >= 15 is 0 Å². The molecule has 3 atom stereocenters. The minimum Gasteiger partial charge on any atom is -0.466 e. The average Bonchev–Trinajstić information content (AvgIpc) is 3.45. The number of hydrogen-bond donors (Lipinski definition) is 2. The second kappa shape index (κ2) is 9.09. The van der Waals surface area contributed by atoms with Crippen LogP contribution >= 0.6 is 0 Å². The van der Waals surface area contributed by atoms with Crippen LogP contribution in [0.25, 0.3) is 11.0 Å². The Balaban J connectivity index is 1.70. The lowest BCUT2D eigenvalue weighted by atomic mass is 9.49. The fourth-order valence-electron chi connectivity index (χ4n) is 3.55. The molecule has 6 radical (unpaired) electrons. The smallest absolute Gasteiger partial charge is 0.257 e. The number of hydrogen-bond acceptors (Lipinski definition) is 9. The largest absolute Gasteiger partial charge is 0.466 e. The number of aliphatic hydroxyl groups excluding tert-OH is 1. The van der Waals surface area contributed by atoms with Crippen molar-refractivity contribution in [1.29, 1.82) is 5.26 Å². The third kappa shape index (κ3) is 4.71. The van der Waals surface area contributed by atoms with Gasteiger partial charge in [0.1, 0.15) is 29.2 Å². The number of fused-ring (bicyclic) bond motifs is 1. The Labute approximate surface area is 194 Å². The van der Waals surface area contributed by atoms with Crippen molar-refractivity contribution in [3.8, 4) is 11.9 Å². The summed E-state index contributed by atoms with van der Waals surface area (Å²) in [7, 11) is 18.9. The molecule has 1 saturated heterocycles. The Morgan fingerprint density at radius 2 is 2.21 bits per heavy atom. The first-order valence-electron chi connectivity index (χ1n) is 10.1. The van der Waals surface area contributed by atoms with Crippen molar-refractivity contribution in [3.05, 3.63) is 24.2 Å². The van der Waals surface area contributed by atoms with E-state index in [0.717, 1.165) is 4.68 Å². The molecule has 164 valence electrons. The topological polar surface area (TPSA) is 132 Å². The Bertz CT molecular complexity index is 1190. The van der Waals surface area contributed by atoms with Crippen LogP contribution in [-0.2, 0) is 14.7 Å². The lowest BCUT2D eigenvalue weighted by Crippen LogP contribution is -2.35. The van der Waals surface area contributed by atoms with E-state index in [9.17, 15) is 10.4 Å². The van der Waals surface area contributed by atoms with Gasteiger partial charge in [-0.2, -0.15) is 10.2 Å². The molecule has 2 unspecified atom stereocenters. The number of methoxy groups -OCH3 is 1. The zero-order valence-corrected chi connectivity index (χ0v) is 18.2. The summed E-state index contributed by atoms with van der Waals surface area (Å²) in [5, 5.41) is 25.7. The third-order valence-corrected chi connectivity index (χ3v) is 5.13. The predicted octanol–water partition coefficient (Wildman–Crippen LogP) is -0.338. The molecule has 0 saturated carbocycles. The van der Waals surface area contributed by atoms with Crippen molar-refractivity contribution in [1.82, 2.24) is 24.3 Å². The SMILES string of the molecule is [B]C([B])([B])n1cc(Nc2ncc3cc(C#N)n([C@@H](C)COC)c3n2)c(OC2COCC2O)n1. The van der Waals surface area contributed by atoms with E-state index in [1.807, 2.05) is 6.92 Å². The van der Waals surface area contributed by atoms with Gasteiger partial charge in [0.2, 0.25) is 5.95 Å². The molecule has 33 heavy (non-hydrogen) atoms. The monoisotopic (exact) mass is 443 g/mol. The molecule has 3 aromatic rings. The number of nitrogens with one attached hydrogen (secondary N) is 1. The van der Waals surface area contributed by atoms with E-state index in [0.29, 0.717) is 29.0 Å². The van der Waals surface area contributed by atoms with Crippen LogP contribution in [0.4, 0.5) is 11.6 Å². The number of anilines is 2. The summed E-state index contributed by atoms with van der Waals surface area (Å²) in [6, 6.07) is 3.75. The van der Waals surface area contributed by atoms with Crippen molar-refractivity contribution < 1.29 is 19.3 Å². The zero-order chi connectivity index (χ0) is 23.8. The molecule has 0 bridgehead atoms. The van der Waals surface area contributed by atoms with Crippen LogP contribution in [0, 0.1) is 11.3 Å². The van der Waals surface area contributed by atoms with Crippen molar-refractivity contribution >= 4 is 46.2 Å². The highest BCUT2D eigenvalue weighted by atomic mass is 16.6. The summed E-state index contributed by atoms with van der Waals surface area (Å²) in [6.07, 6.45) is 1.59. The predicted molar refractivity (Wildman–Crippen MR) is 121 cm³/mol. The molecule has 1 aliphatic rings. The fourth-order valence-corrected chi connectivity index (χ4v) is 3.55. The second-order valence-corrected chi connectivity index (χ2v) is 7.85. The zero-order valence-electron chi connectivity index (χ0n) is 18.2. The van der Waals surface area contributed by atoms with Crippen molar-refractivity contribution in [3.63, 3.8) is 0 Å². The van der Waals surface area contributed by atoms with Gasteiger partial charge >= 0.3 is 0 Å². The maximum absolute atomic E-state index is 10.0. The molecule has 0 aromatic carbocycles. The van der Waals surface area contributed by atoms with Gasteiger partial charge in [-0.25, -0.2) is 4.98 Å². The molecular formula is C19H20B3N7O4. The first kappa shape index (κ1) is 23.2. The molecule has 1 fully saturated rings. The Hall–Kier alpha value is -3.01. The summed E-state index contributed by atoms with van der Waals surface area (Å²) in [4.78, 5) is 8.89. The van der Waals surface area contributed by atoms with Gasteiger partial charge in [0.15, 0.2) is 6.10 Å². The quantitative estimate of drug-likeness (QED) is 0.449. The maximum atomic E-state index is 10.0. The first-order chi connectivity index (χ1) is 15.7. The molecule has 2 N–H and O–H groups in total. The van der Waals surface area contributed by atoms with Gasteiger partial charge in [-0.15, -0.1) is 5.10 Å². The number of ether oxygens (including phenoxy) is 3. The number of nitriles is 1. The van der Waals surface area contributed by atoms with Crippen LogP contribution in [0.2, 0.25) is 0 Å². The van der Waals surface area contributed by atoms with E-state index in [2.05, 4.69) is 26.5 Å². The summed E-state index contributed by atoms with van der Waals surface area (Å²) >= 11 is 0. The highest BCUT2D eigenvalue weighted by Gasteiger charge is 2.30. The van der Waals surface area contributed by atoms with Crippen LogP contribution in [-0.4, -0.2) is 92.1 Å². The third-order valence-electron chi connectivity index (χ3n) is 5.13. The molecule has 11 nitrogen and oxygen atoms in total. The number of aliphatic hydroxyl groups is 1. The summed E-state index contributed by atoms with van der Waals surface area (Å²) in [5.41, 5.74) is 1.31. The van der Waals surface area contributed by atoms with Crippen LogP contribution in [0.1, 0.15) is 18.7 Å². The van der Waals surface area contributed by atoms with E-state index in [1.165, 1.54) is 6.20 Å². The first-order valence-corrected chi connectivity index (χ1v) is 10.1. The normalized spacial score (nSPS) is 19.5. The van der Waals surface area contributed by atoms with Gasteiger partial charge in [-0.05, 0) is 18.2 Å². The van der Waals surface area contributed by atoms with Crippen LogP contribution in [0.15, 0.2) is 18.5 Å². The molecule has 4 heterocycles. The van der Waals surface area contributed by atoms with Crippen molar-refractivity contribution in [2.24, 2.45) is 0 Å². The van der Waals surface area contributed by atoms with Gasteiger partial charge in [0.05, 0.1) is 55.6 Å². The van der Waals surface area contributed by atoms with Gasteiger partial charge < -0.3 is 29.2 Å². The van der Waals surface area contributed by atoms with E-state index in [1.54, 1.807) is 23.9 Å². The molecule has 0 spiro atoms. The number of aromatic nitrogens is 5. The van der Waals surface area contributed by atoms with Crippen LogP contribution in [0.3, 0.4) is 0 Å². The molecule has 0 amide bonds. The molecule has 14 heteroatoms. The van der Waals surface area contributed by atoms with Crippen LogP contribution < -0.4 is 10.1 Å². The minimum absolute atomic E-state index is 0.0832. The van der Waals surface area contributed by atoms with Gasteiger partial charge in [0.25, 0.3) is 5.88 Å². The lowest BCUT2D eigenvalue weighted by molar-refractivity contribution is 0.0703. The average molecular weight is 443 g/mol. The number of nitrogens with zero attached hydrogens (tertiary/aromatic N) is 6. The summed E-state index contributed by atoms with van der Waals surface area (Å²) < 4.78 is 19.2. The van der Waals surface area contributed by atoms with Crippen LogP contribution in [0.5, 0.6) is 5.88 Å². The molecule has 4 rings (SSSR count). The van der Waals surface area contributed by atoms with E-state index < -0.39 is 17.4 Å². The van der Waals surface area contributed by atoms with Crippen molar-refractivity contribution in [2.75, 3.05) is 32.2 Å². The Morgan fingerprint density at radius 3 is 2.85 bits per heavy atom. The van der Waals surface area contributed by atoms with E-state index in [4.69, 9.17) is 37.7 Å². The highest BCUT2D eigenvalue weighted by molar-refractivity contribution is 6.56. The van der Waals surface area contributed by atoms with Gasteiger partial charge in [0, 0.05) is 18.7 Å². The fraction of sp³-hybridized carbons (Fsp3) is 0.474. The number of rotatable bonds is 8. The Morgan fingerprint density at radius 1 is 1.42 bits per heavy atom. The molecule has 0 aliphatic carbocycles. The summed E-state index contributed by atoms with van der Waals surface area (Å²) in [6.45, 7) is 2.66. The van der Waals surface area contributed by atoms with Gasteiger partial charge in [-0.1, -0.05) is 0 Å². The minimum atomic E-state index is -1.79. The van der Waals surface area contributed by atoms with Gasteiger partial charge in [-0.3, -0.25) is 4.68 Å². The second-order valence-electron chi connectivity index (χ2n) is 7.85. The lowest BCUT2D eigenvalue weighted by Gasteiger charge is -2.20. The van der Waals surface area contributed by atoms with E-state index in [-0.39, 0.29) is 31.1 Å². The highest BCUT2D eigenvalue weighted by Crippen LogP contribution is 2.30. The molecule has 1 aliphatic heterocycles.